The summed E-state index contributed by atoms with van der Waals surface area (Å²) in [5.74, 6) is 0.690. The average Bonchev–Trinajstić information content (AvgIpc) is 2.02. The molecule has 0 amide bonds. The van der Waals surface area contributed by atoms with Crippen LogP contribution in [0.3, 0.4) is 0 Å². The molecule has 0 aliphatic heterocycles. The monoisotopic (exact) mass is 202 g/mol. The van der Waals surface area contributed by atoms with Gasteiger partial charge in [0.05, 0.1) is 5.60 Å². The van der Waals surface area contributed by atoms with Crippen LogP contribution in [0, 0.1) is 5.92 Å². The molecular weight excluding hydrogens is 179 g/mol. The van der Waals surface area contributed by atoms with Gasteiger partial charge in [-0.2, -0.15) is 0 Å². The molecule has 0 aromatic rings. The highest BCUT2D eigenvalue weighted by molar-refractivity contribution is 6.32. The van der Waals surface area contributed by atoms with Gasteiger partial charge in [0.25, 0.3) is 0 Å². The van der Waals surface area contributed by atoms with Gasteiger partial charge in [-0.1, -0.05) is 33.6 Å². The second-order valence-corrected chi connectivity index (χ2v) is 4.53. The number of hydrogen-bond donors (Lipinski definition) is 2. The Bertz CT molecular complexity index is 150. The molecule has 0 saturated heterocycles. The van der Waals surface area contributed by atoms with E-state index in [1.807, 2.05) is 13.8 Å². The van der Waals surface area contributed by atoms with Gasteiger partial charge >= 0.3 is 7.32 Å². The van der Waals surface area contributed by atoms with Gasteiger partial charge in [-0.3, -0.25) is 0 Å². The van der Waals surface area contributed by atoms with Crippen molar-refractivity contribution in [1.29, 1.82) is 0 Å². The van der Waals surface area contributed by atoms with E-state index >= 15 is 0 Å². The third-order valence-electron chi connectivity index (χ3n) is 2.62. The Labute approximate surface area is 87.7 Å². The van der Waals surface area contributed by atoms with Gasteiger partial charge in [-0.05, 0) is 25.7 Å². The Morgan fingerprint density at radius 1 is 1.36 bits per heavy atom. The fraction of sp³-hybridized carbons (Fsp3) is 1.00. The lowest BCUT2D eigenvalue weighted by atomic mass is 9.92. The van der Waals surface area contributed by atoms with E-state index in [0.29, 0.717) is 5.92 Å². The molecule has 0 radical (unpaired) electrons. The highest BCUT2D eigenvalue weighted by Crippen LogP contribution is 2.24. The van der Waals surface area contributed by atoms with E-state index in [-0.39, 0.29) is 0 Å². The third kappa shape index (κ3) is 6.41. The summed E-state index contributed by atoms with van der Waals surface area (Å²) in [4.78, 5) is 0. The first-order chi connectivity index (χ1) is 6.39. The van der Waals surface area contributed by atoms with Gasteiger partial charge in [0.2, 0.25) is 0 Å². The molecule has 2 N–H and O–H groups in total. The van der Waals surface area contributed by atoms with Crippen molar-refractivity contribution in [2.24, 2.45) is 5.92 Å². The van der Waals surface area contributed by atoms with E-state index in [0.717, 1.165) is 25.7 Å². The molecule has 0 fully saturated rings. The molecule has 0 bridgehead atoms. The highest BCUT2D eigenvalue weighted by Gasteiger charge is 2.27. The molecule has 1 atom stereocenters. The quantitative estimate of drug-likeness (QED) is 0.620. The van der Waals surface area contributed by atoms with E-state index in [1.165, 1.54) is 0 Å². The lowest BCUT2D eigenvalue weighted by Crippen LogP contribution is -2.35. The van der Waals surface area contributed by atoms with Crippen LogP contribution in [0.2, 0.25) is 0 Å². The molecule has 1 unspecified atom stereocenters. The predicted octanol–water partition coefficient (Wildman–Crippen LogP) is 1.97. The number of rotatable bonds is 7. The van der Waals surface area contributed by atoms with Crippen LogP contribution in [0.25, 0.3) is 0 Å². The molecule has 3 nitrogen and oxygen atoms in total. The summed E-state index contributed by atoms with van der Waals surface area (Å²) in [7, 11) is -1.65. The molecule has 14 heavy (non-hydrogen) atoms. The maximum absolute atomic E-state index is 8.76. The molecule has 4 heteroatoms. The molecule has 0 aliphatic carbocycles. The molecular formula is C10H23BO3. The maximum Gasteiger partial charge on any atom is 0.634 e. The first-order valence-corrected chi connectivity index (χ1v) is 5.43. The lowest BCUT2D eigenvalue weighted by molar-refractivity contribution is 0.0215. The van der Waals surface area contributed by atoms with Crippen molar-refractivity contribution in [3.63, 3.8) is 0 Å². The van der Waals surface area contributed by atoms with E-state index in [4.69, 9.17) is 14.7 Å². The molecule has 0 spiro atoms. The first kappa shape index (κ1) is 13.9. The van der Waals surface area contributed by atoms with Gasteiger partial charge in [-0.25, -0.2) is 0 Å². The van der Waals surface area contributed by atoms with Crippen LogP contribution in [0.4, 0.5) is 0 Å². The minimum absolute atomic E-state index is 0.400. The van der Waals surface area contributed by atoms with Crippen LogP contribution < -0.4 is 0 Å². The molecule has 84 valence electrons. The summed E-state index contributed by atoms with van der Waals surface area (Å²) in [5, 5.41) is 17.5. The zero-order chi connectivity index (χ0) is 11.2. The summed E-state index contributed by atoms with van der Waals surface area (Å²) in [6, 6.07) is 0. The Hall–Kier alpha value is -0.0551. The summed E-state index contributed by atoms with van der Waals surface area (Å²) < 4.78 is 5.08. The standard InChI is InChI=1S/C10H23BO3/c1-5-10(4,14-11(12)13)8-6-7-9(2)3/h9,12-13H,5-8H2,1-4H3. The highest BCUT2D eigenvalue weighted by atomic mass is 16.6. The van der Waals surface area contributed by atoms with Crippen molar-refractivity contribution >= 4 is 7.32 Å². The summed E-state index contributed by atoms with van der Waals surface area (Å²) in [6.45, 7) is 8.29. The molecule has 0 aromatic carbocycles. The zero-order valence-electron chi connectivity index (χ0n) is 9.79. The van der Waals surface area contributed by atoms with Crippen molar-refractivity contribution in [2.45, 2.75) is 59.0 Å². The van der Waals surface area contributed by atoms with Crippen LogP contribution >= 0.6 is 0 Å². The Balaban J connectivity index is 3.86. The normalized spacial score (nSPS) is 15.6. The van der Waals surface area contributed by atoms with Crippen LogP contribution in [0.5, 0.6) is 0 Å². The van der Waals surface area contributed by atoms with Gasteiger partial charge in [0.15, 0.2) is 0 Å². The summed E-state index contributed by atoms with van der Waals surface area (Å²) in [6.07, 6.45) is 3.89. The van der Waals surface area contributed by atoms with Crippen LogP contribution in [0.15, 0.2) is 0 Å². The van der Waals surface area contributed by atoms with Crippen molar-refractivity contribution in [1.82, 2.24) is 0 Å². The van der Waals surface area contributed by atoms with Crippen molar-refractivity contribution in [3.8, 4) is 0 Å². The van der Waals surface area contributed by atoms with Gasteiger partial charge in [0.1, 0.15) is 0 Å². The predicted molar refractivity (Wildman–Crippen MR) is 58.7 cm³/mol. The van der Waals surface area contributed by atoms with Crippen molar-refractivity contribution < 1.29 is 14.7 Å². The van der Waals surface area contributed by atoms with Crippen LogP contribution in [0.1, 0.15) is 53.4 Å². The second kappa shape index (κ2) is 6.43. The van der Waals surface area contributed by atoms with Gasteiger partial charge in [0, 0.05) is 0 Å². The van der Waals surface area contributed by atoms with Crippen molar-refractivity contribution in [3.05, 3.63) is 0 Å². The maximum atomic E-state index is 8.76. The van der Waals surface area contributed by atoms with Crippen molar-refractivity contribution in [2.75, 3.05) is 0 Å². The van der Waals surface area contributed by atoms with E-state index in [9.17, 15) is 0 Å². The largest absolute Gasteiger partial charge is 0.634 e. The Morgan fingerprint density at radius 3 is 2.29 bits per heavy atom. The lowest BCUT2D eigenvalue weighted by Gasteiger charge is -2.29. The number of hydrogen-bond acceptors (Lipinski definition) is 3. The topological polar surface area (TPSA) is 49.7 Å². The molecule has 0 aliphatic rings. The second-order valence-electron chi connectivity index (χ2n) is 4.53. The Kier molecular flexibility index (Phi) is 6.41. The molecule has 0 rings (SSSR count). The zero-order valence-corrected chi connectivity index (χ0v) is 9.79. The first-order valence-electron chi connectivity index (χ1n) is 5.43. The van der Waals surface area contributed by atoms with Crippen LogP contribution in [-0.2, 0) is 4.65 Å². The fourth-order valence-corrected chi connectivity index (χ4v) is 1.46. The summed E-state index contributed by atoms with van der Waals surface area (Å²) >= 11 is 0. The van der Waals surface area contributed by atoms with E-state index in [2.05, 4.69) is 13.8 Å². The molecule has 0 saturated carbocycles. The smallest absolute Gasteiger partial charge is 0.402 e. The summed E-state index contributed by atoms with van der Waals surface area (Å²) in [5.41, 5.74) is -0.400. The minimum atomic E-state index is -1.65. The average molecular weight is 202 g/mol. The van der Waals surface area contributed by atoms with Gasteiger partial charge in [-0.15, -0.1) is 0 Å². The fourth-order valence-electron chi connectivity index (χ4n) is 1.46. The minimum Gasteiger partial charge on any atom is -0.402 e. The van der Waals surface area contributed by atoms with E-state index in [1.54, 1.807) is 0 Å². The van der Waals surface area contributed by atoms with E-state index < -0.39 is 12.9 Å². The SMILES string of the molecule is CCC(C)(CCCC(C)C)OB(O)O. The third-order valence-corrected chi connectivity index (χ3v) is 2.62. The Morgan fingerprint density at radius 2 is 1.93 bits per heavy atom. The van der Waals surface area contributed by atoms with Gasteiger partial charge < -0.3 is 14.7 Å². The molecule has 0 aromatic heterocycles. The van der Waals surface area contributed by atoms with Crippen LogP contribution in [-0.4, -0.2) is 23.0 Å². The molecule has 0 heterocycles.